The summed E-state index contributed by atoms with van der Waals surface area (Å²) in [5.74, 6) is 0. The van der Waals surface area contributed by atoms with Gasteiger partial charge in [0.15, 0.2) is 0 Å². The molecule has 0 saturated carbocycles. The first-order valence-electron chi connectivity index (χ1n) is 3.02. The first-order valence-corrected chi connectivity index (χ1v) is 3.90. The molecule has 0 amide bonds. The standard InChI is InChI=1S/C7H10N2S/c1-4-3-10-7(5(2)8)6(4)9/h3,9H,8H2,1-2H3/b7-5+,9-6?. The molecule has 0 aromatic heterocycles. The van der Waals surface area contributed by atoms with Gasteiger partial charge in [-0.15, -0.1) is 0 Å². The van der Waals surface area contributed by atoms with Gasteiger partial charge in [-0.2, -0.15) is 0 Å². The molecule has 0 atom stereocenters. The van der Waals surface area contributed by atoms with E-state index in [4.69, 9.17) is 11.1 Å². The van der Waals surface area contributed by atoms with E-state index in [-0.39, 0.29) is 0 Å². The van der Waals surface area contributed by atoms with Crippen molar-refractivity contribution in [3.05, 3.63) is 21.6 Å². The molecule has 3 heteroatoms. The van der Waals surface area contributed by atoms with Crippen molar-refractivity contribution in [1.29, 1.82) is 5.41 Å². The monoisotopic (exact) mass is 154 g/mol. The lowest BCUT2D eigenvalue weighted by Gasteiger charge is -1.99. The van der Waals surface area contributed by atoms with Gasteiger partial charge in [0.2, 0.25) is 0 Å². The third kappa shape index (κ3) is 1.09. The van der Waals surface area contributed by atoms with Crippen LogP contribution in [0, 0.1) is 5.41 Å². The minimum atomic E-state index is 0.574. The molecular formula is C7H10N2S. The van der Waals surface area contributed by atoms with Crippen molar-refractivity contribution < 1.29 is 0 Å². The molecule has 1 aliphatic heterocycles. The van der Waals surface area contributed by atoms with E-state index in [0.717, 1.165) is 16.2 Å². The summed E-state index contributed by atoms with van der Waals surface area (Å²) in [6.45, 7) is 3.74. The van der Waals surface area contributed by atoms with Crippen molar-refractivity contribution in [2.45, 2.75) is 13.8 Å². The van der Waals surface area contributed by atoms with Gasteiger partial charge in [0, 0.05) is 5.70 Å². The zero-order valence-electron chi connectivity index (χ0n) is 6.06. The van der Waals surface area contributed by atoms with Crippen molar-refractivity contribution in [1.82, 2.24) is 0 Å². The highest BCUT2D eigenvalue weighted by Gasteiger charge is 2.15. The van der Waals surface area contributed by atoms with E-state index in [1.165, 1.54) is 11.8 Å². The van der Waals surface area contributed by atoms with Gasteiger partial charge >= 0.3 is 0 Å². The number of nitrogens with two attached hydrogens (primary N) is 1. The van der Waals surface area contributed by atoms with Crippen molar-refractivity contribution in [2.75, 3.05) is 0 Å². The van der Waals surface area contributed by atoms with E-state index >= 15 is 0 Å². The van der Waals surface area contributed by atoms with E-state index in [0.29, 0.717) is 5.71 Å². The Kier molecular flexibility index (Phi) is 1.85. The maximum Gasteiger partial charge on any atom is 0.0730 e. The Morgan fingerprint density at radius 2 is 2.30 bits per heavy atom. The van der Waals surface area contributed by atoms with Crippen LogP contribution in [0.5, 0.6) is 0 Å². The second kappa shape index (κ2) is 2.50. The fourth-order valence-electron chi connectivity index (χ4n) is 0.734. The minimum Gasteiger partial charge on any atom is -0.401 e. The third-order valence-electron chi connectivity index (χ3n) is 1.33. The predicted molar refractivity (Wildman–Crippen MR) is 46.0 cm³/mol. The first-order chi connectivity index (χ1) is 4.63. The van der Waals surface area contributed by atoms with E-state index in [1.54, 1.807) is 0 Å². The molecule has 54 valence electrons. The van der Waals surface area contributed by atoms with Gasteiger partial charge in [-0.3, -0.25) is 5.41 Å². The van der Waals surface area contributed by atoms with Crippen LogP contribution in [0.25, 0.3) is 0 Å². The zero-order valence-corrected chi connectivity index (χ0v) is 6.88. The highest BCUT2D eigenvalue weighted by Crippen LogP contribution is 2.31. The smallest absolute Gasteiger partial charge is 0.0730 e. The third-order valence-corrected chi connectivity index (χ3v) is 2.57. The van der Waals surface area contributed by atoms with Crippen LogP contribution in [-0.4, -0.2) is 5.71 Å². The normalized spacial score (nSPS) is 23.0. The van der Waals surface area contributed by atoms with Gasteiger partial charge in [0.05, 0.1) is 10.6 Å². The number of hydrogen-bond acceptors (Lipinski definition) is 3. The summed E-state index contributed by atoms with van der Waals surface area (Å²) in [6.07, 6.45) is 0. The number of nitrogens with one attached hydrogen (secondary N) is 1. The molecule has 0 saturated heterocycles. The fraction of sp³-hybridized carbons (Fsp3) is 0.286. The van der Waals surface area contributed by atoms with E-state index < -0.39 is 0 Å². The molecule has 0 bridgehead atoms. The Morgan fingerprint density at radius 3 is 2.50 bits per heavy atom. The molecule has 1 rings (SSSR count). The summed E-state index contributed by atoms with van der Waals surface area (Å²) in [4.78, 5) is 0.900. The number of hydrogen-bond donors (Lipinski definition) is 2. The maximum absolute atomic E-state index is 7.52. The topological polar surface area (TPSA) is 49.9 Å². The summed E-state index contributed by atoms with van der Waals surface area (Å²) in [5.41, 5.74) is 7.85. The van der Waals surface area contributed by atoms with Crippen molar-refractivity contribution >= 4 is 17.5 Å². The van der Waals surface area contributed by atoms with Crippen LogP contribution in [-0.2, 0) is 0 Å². The quantitative estimate of drug-likeness (QED) is 0.559. The van der Waals surface area contributed by atoms with Crippen LogP contribution in [0.15, 0.2) is 21.6 Å². The average molecular weight is 154 g/mol. The van der Waals surface area contributed by atoms with Crippen LogP contribution in [0.3, 0.4) is 0 Å². The molecule has 1 heterocycles. The summed E-state index contributed by atoms with van der Waals surface area (Å²) in [7, 11) is 0. The molecule has 10 heavy (non-hydrogen) atoms. The molecule has 0 aliphatic carbocycles. The molecule has 3 N–H and O–H groups in total. The van der Waals surface area contributed by atoms with Crippen molar-refractivity contribution in [2.24, 2.45) is 5.73 Å². The largest absolute Gasteiger partial charge is 0.401 e. The minimum absolute atomic E-state index is 0.574. The van der Waals surface area contributed by atoms with Gasteiger partial charge in [0.25, 0.3) is 0 Å². The Morgan fingerprint density at radius 1 is 1.70 bits per heavy atom. The van der Waals surface area contributed by atoms with Crippen molar-refractivity contribution in [3.63, 3.8) is 0 Å². The van der Waals surface area contributed by atoms with E-state index in [9.17, 15) is 0 Å². The first kappa shape index (κ1) is 7.41. The number of rotatable bonds is 0. The van der Waals surface area contributed by atoms with Crippen LogP contribution >= 0.6 is 11.8 Å². The van der Waals surface area contributed by atoms with Gasteiger partial charge in [-0.05, 0) is 24.8 Å². The molecule has 0 spiro atoms. The molecule has 1 aliphatic rings. The Hall–Kier alpha value is -0.700. The molecule has 0 radical (unpaired) electrons. The molecule has 2 nitrogen and oxygen atoms in total. The Bertz CT molecular complexity index is 234. The summed E-state index contributed by atoms with van der Waals surface area (Å²) < 4.78 is 0. The summed E-state index contributed by atoms with van der Waals surface area (Å²) in [5, 5.41) is 9.47. The summed E-state index contributed by atoms with van der Waals surface area (Å²) in [6, 6.07) is 0. The molecule has 0 aromatic rings. The summed E-state index contributed by atoms with van der Waals surface area (Å²) >= 11 is 1.53. The SMILES string of the molecule is CC1=CS/C(=C(\C)N)C1=N. The second-order valence-electron chi connectivity index (χ2n) is 2.31. The predicted octanol–water partition coefficient (Wildman–Crippen LogP) is 1.85. The molecular weight excluding hydrogens is 144 g/mol. The fourth-order valence-corrected chi connectivity index (χ4v) is 1.61. The number of thioether (sulfide) groups is 1. The van der Waals surface area contributed by atoms with Gasteiger partial charge in [-0.1, -0.05) is 11.8 Å². The van der Waals surface area contributed by atoms with Crippen molar-refractivity contribution in [3.8, 4) is 0 Å². The highest BCUT2D eigenvalue weighted by molar-refractivity contribution is 8.07. The van der Waals surface area contributed by atoms with Gasteiger partial charge < -0.3 is 5.73 Å². The lowest BCUT2D eigenvalue weighted by Crippen LogP contribution is -2.02. The van der Waals surface area contributed by atoms with Crippen LogP contribution < -0.4 is 5.73 Å². The Balaban J connectivity index is 2.96. The Labute approximate surface area is 64.7 Å². The van der Waals surface area contributed by atoms with Crippen LogP contribution in [0.2, 0.25) is 0 Å². The maximum atomic E-state index is 7.52. The number of allylic oxidation sites excluding steroid dienone is 3. The molecule has 0 fully saturated rings. The lowest BCUT2D eigenvalue weighted by molar-refractivity contribution is 1.31. The van der Waals surface area contributed by atoms with Gasteiger partial charge in [-0.25, -0.2) is 0 Å². The average Bonchev–Trinajstić information content (AvgIpc) is 2.14. The van der Waals surface area contributed by atoms with E-state index in [2.05, 4.69) is 0 Å². The highest BCUT2D eigenvalue weighted by atomic mass is 32.2. The van der Waals surface area contributed by atoms with Crippen LogP contribution in [0.4, 0.5) is 0 Å². The molecule has 0 unspecified atom stereocenters. The second-order valence-corrected chi connectivity index (χ2v) is 3.19. The van der Waals surface area contributed by atoms with Gasteiger partial charge in [0.1, 0.15) is 0 Å². The zero-order chi connectivity index (χ0) is 7.72. The lowest BCUT2D eigenvalue weighted by atomic mass is 10.2. The molecule has 0 aromatic carbocycles. The van der Waals surface area contributed by atoms with Crippen LogP contribution in [0.1, 0.15) is 13.8 Å². The van der Waals surface area contributed by atoms with E-state index in [1.807, 2.05) is 19.3 Å².